The summed E-state index contributed by atoms with van der Waals surface area (Å²) in [5.74, 6) is 0.584. The quantitative estimate of drug-likeness (QED) is 0.102. The number of anilines is 1. The van der Waals surface area contributed by atoms with Crippen LogP contribution >= 0.6 is 0 Å². The van der Waals surface area contributed by atoms with Crippen LogP contribution in [0.4, 0.5) is 5.69 Å². The second-order valence-corrected chi connectivity index (χ2v) is 7.67. The Morgan fingerprint density at radius 3 is 1.30 bits per heavy atom. The molecule has 0 aliphatic rings. The maximum atomic E-state index is 11.2. The summed E-state index contributed by atoms with van der Waals surface area (Å²) in [6.07, 6.45) is 1.23. The van der Waals surface area contributed by atoms with Gasteiger partial charge in [0, 0.05) is 12.1 Å². The fourth-order valence-electron chi connectivity index (χ4n) is 2.69. The number of carbonyl (C=O) groups excluding carboxylic acids is 1. The monoisotopic (exact) mass is 531 g/mol. The third kappa shape index (κ3) is 22.9. The maximum Gasteiger partial charge on any atom is 0.305 e. The van der Waals surface area contributed by atoms with Crippen molar-refractivity contribution in [2.75, 3.05) is 111 Å². The molecule has 0 spiro atoms. The zero-order valence-electron chi connectivity index (χ0n) is 22.2. The second kappa shape index (κ2) is 25.7. The van der Waals surface area contributed by atoms with E-state index in [-0.39, 0.29) is 12.6 Å². The van der Waals surface area contributed by atoms with E-state index >= 15 is 0 Å². The van der Waals surface area contributed by atoms with Crippen molar-refractivity contribution in [2.24, 2.45) is 0 Å². The molecular weight excluding hydrogens is 486 g/mol. The normalized spacial score (nSPS) is 11.1. The number of esters is 1. The zero-order chi connectivity index (χ0) is 26.7. The average Bonchev–Trinajstić information content (AvgIpc) is 2.90. The Balaban J connectivity index is 1.66. The summed E-state index contributed by atoms with van der Waals surface area (Å²) in [5, 5.41) is 0. The van der Waals surface area contributed by atoms with Crippen LogP contribution in [0.25, 0.3) is 0 Å². The van der Waals surface area contributed by atoms with Crippen LogP contribution < -0.4 is 10.5 Å². The van der Waals surface area contributed by atoms with Crippen molar-refractivity contribution < 1.29 is 47.4 Å². The first-order valence-electron chi connectivity index (χ1n) is 12.9. The largest absolute Gasteiger partial charge is 0.491 e. The molecule has 0 fully saturated rings. The number of nitrogen functional groups attached to an aromatic ring is 1. The number of rotatable bonds is 27. The minimum Gasteiger partial charge on any atom is -0.491 e. The summed E-state index contributed by atoms with van der Waals surface area (Å²) in [6, 6.07) is 7.25. The van der Waals surface area contributed by atoms with Crippen molar-refractivity contribution in [2.45, 2.75) is 19.8 Å². The number of hydrogen-bond donors (Lipinski definition) is 1. The van der Waals surface area contributed by atoms with Gasteiger partial charge >= 0.3 is 5.97 Å². The molecule has 0 aliphatic carbocycles. The van der Waals surface area contributed by atoms with Crippen molar-refractivity contribution in [3.8, 4) is 5.75 Å². The van der Waals surface area contributed by atoms with Crippen LogP contribution in [0.3, 0.4) is 0 Å². The topological polar surface area (TPSA) is 126 Å². The Bertz CT molecular complexity index is 632. The molecule has 0 heterocycles. The molecule has 37 heavy (non-hydrogen) atoms. The van der Waals surface area contributed by atoms with Crippen LogP contribution in [0.2, 0.25) is 0 Å². The van der Waals surface area contributed by atoms with Gasteiger partial charge in [-0.3, -0.25) is 4.79 Å². The van der Waals surface area contributed by atoms with E-state index in [1.54, 1.807) is 12.1 Å². The molecule has 11 nitrogen and oxygen atoms in total. The van der Waals surface area contributed by atoms with E-state index in [4.69, 9.17) is 48.4 Å². The predicted octanol–water partition coefficient (Wildman–Crippen LogP) is 2.11. The first-order valence-corrected chi connectivity index (χ1v) is 12.9. The number of ether oxygens (including phenoxy) is 9. The highest BCUT2D eigenvalue weighted by Crippen LogP contribution is 2.12. The fourth-order valence-corrected chi connectivity index (χ4v) is 2.69. The summed E-state index contributed by atoms with van der Waals surface area (Å²) in [6.45, 7) is 9.48. The van der Waals surface area contributed by atoms with E-state index in [1.165, 1.54) is 0 Å². The van der Waals surface area contributed by atoms with Crippen LogP contribution in [-0.2, 0) is 42.7 Å². The molecule has 214 valence electrons. The van der Waals surface area contributed by atoms with Gasteiger partial charge < -0.3 is 48.4 Å². The molecule has 1 aromatic rings. The lowest BCUT2D eigenvalue weighted by atomic mass is 10.3. The standard InChI is InChI=1S/C26H45NO10/c1-2-3-26(28)37-23-21-35-19-17-33-15-13-31-11-9-29-8-10-30-12-14-32-16-18-34-20-22-36-25-6-4-24(27)5-7-25/h4-7H,2-3,8-23,27H2,1H3. The highest BCUT2D eigenvalue weighted by molar-refractivity contribution is 5.69. The molecule has 0 atom stereocenters. The van der Waals surface area contributed by atoms with Gasteiger partial charge in [-0.1, -0.05) is 6.92 Å². The Morgan fingerprint density at radius 1 is 0.568 bits per heavy atom. The van der Waals surface area contributed by atoms with Gasteiger partial charge in [0.15, 0.2) is 0 Å². The summed E-state index contributed by atoms with van der Waals surface area (Å²) in [5.41, 5.74) is 6.34. The van der Waals surface area contributed by atoms with Gasteiger partial charge in [-0.15, -0.1) is 0 Å². The number of benzene rings is 1. The summed E-state index contributed by atoms with van der Waals surface area (Å²) < 4.78 is 48.5. The van der Waals surface area contributed by atoms with E-state index in [0.29, 0.717) is 111 Å². The van der Waals surface area contributed by atoms with Gasteiger partial charge in [0.2, 0.25) is 0 Å². The van der Waals surface area contributed by atoms with Gasteiger partial charge in [-0.2, -0.15) is 0 Å². The molecule has 2 N–H and O–H groups in total. The molecule has 11 heteroatoms. The van der Waals surface area contributed by atoms with Crippen molar-refractivity contribution in [3.05, 3.63) is 24.3 Å². The molecular formula is C26H45NO10. The number of nitrogens with two attached hydrogens (primary N) is 1. The van der Waals surface area contributed by atoms with Gasteiger partial charge in [-0.05, 0) is 30.7 Å². The molecule has 0 saturated heterocycles. The minimum atomic E-state index is -0.187. The van der Waals surface area contributed by atoms with Crippen molar-refractivity contribution >= 4 is 11.7 Å². The lowest BCUT2D eigenvalue weighted by molar-refractivity contribution is -0.145. The highest BCUT2D eigenvalue weighted by atomic mass is 16.6. The van der Waals surface area contributed by atoms with Gasteiger partial charge in [-0.25, -0.2) is 0 Å². The first kappa shape index (κ1) is 33.0. The van der Waals surface area contributed by atoms with E-state index in [0.717, 1.165) is 12.2 Å². The van der Waals surface area contributed by atoms with Crippen LogP contribution in [0.1, 0.15) is 19.8 Å². The molecule has 0 bridgehead atoms. The molecule has 0 saturated carbocycles. The minimum absolute atomic E-state index is 0.187. The second-order valence-electron chi connectivity index (χ2n) is 7.67. The Labute approximate surface area is 220 Å². The van der Waals surface area contributed by atoms with E-state index in [2.05, 4.69) is 0 Å². The Hall–Kier alpha value is -1.99. The van der Waals surface area contributed by atoms with Crippen LogP contribution in [0.15, 0.2) is 24.3 Å². The van der Waals surface area contributed by atoms with E-state index in [1.807, 2.05) is 19.1 Å². The third-order valence-electron chi connectivity index (χ3n) is 4.55. The molecule has 0 radical (unpaired) electrons. The summed E-state index contributed by atoms with van der Waals surface area (Å²) >= 11 is 0. The smallest absolute Gasteiger partial charge is 0.305 e. The number of hydrogen-bond acceptors (Lipinski definition) is 11. The van der Waals surface area contributed by atoms with Gasteiger partial charge in [0.25, 0.3) is 0 Å². The fraction of sp³-hybridized carbons (Fsp3) is 0.731. The molecule has 1 rings (SSSR count). The SMILES string of the molecule is CCCC(=O)OCCOCCOCCOCCOCCOCCOCCOCCOc1ccc(N)cc1. The van der Waals surface area contributed by atoms with E-state index < -0.39 is 0 Å². The average molecular weight is 532 g/mol. The Morgan fingerprint density at radius 2 is 0.919 bits per heavy atom. The third-order valence-corrected chi connectivity index (χ3v) is 4.55. The zero-order valence-corrected chi connectivity index (χ0v) is 22.2. The van der Waals surface area contributed by atoms with Crippen LogP contribution in [0.5, 0.6) is 5.75 Å². The molecule has 0 aliphatic heterocycles. The highest BCUT2D eigenvalue weighted by Gasteiger charge is 2.00. The molecule has 0 unspecified atom stereocenters. The van der Waals surface area contributed by atoms with Gasteiger partial charge in [0.1, 0.15) is 19.0 Å². The van der Waals surface area contributed by atoms with E-state index in [9.17, 15) is 4.79 Å². The van der Waals surface area contributed by atoms with Crippen molar-refractivity contribution in [3.63, 3.8) is 0 Å². The summed E-state index contributed by atoms with van der Waals surface area (Å²) in [7, 11) is 0. The molecule has 1 aromatic carbocycles. The maximum absolute atomic E-state index is 11.2. The molecule has 0 aromatic heterocycles. The van der Waals surface area contributed by atoms with Gasteiger partial charge in [0.05, 0.1) is 92.5 Å². The molecule has 0 amide bonds. The van der Waals surface area contributed by atoms with Crippen LogP contribution in [-0.4, -0.2) is 112 Å². The Kier molecular flexibility index (Phi) is 22.9. The lowest BCUT2D eigenvalue weighted by Crippen LogP contribution is -2.15. The van der Waals surface area contributed by atoms with Crippen LogP contribution in [0, 0.1) is 0 Å². The van der Waals surface area contributed by atoms with Crippen molar-refractivity contribution in [1.82, 2.24) is 0 Å². The summed E-state index contributed by atoms with van der Waals surface area (Å²) in [4.78, 5) is 11.2. The number of carbonyl (C=O) groups is 1. The van der Waals surface area contributed by atoms with Crippen molar-refractivity contribution in [1.29, 1.82) is 0 Å². The first-order chi connectivity index (χ1) is 18.2. The lowest BCUT2D eigenvalue weighted by Gasteiger charge is -2.09. The predicted molar refractivity (Wildman–Crippen MR) is 138 cm³/mol.